The molecule has 2 fully saturated rings. The van der Waals surface area contributed by atoms with E-state index in [2.05, 4.69) is 44.4 Å². The monoisotopic (exact) mass is 338 g/mol. The number of piperazine rings is 1. The van der Waals surface area contributed by atoms with Gasteiger partial charge in [-0.3, -0.25) is 4.90 Å². The summed E-state index contributed by atoms with van der Waals surface area (Å²) in [5.74, 6) is 0.966. The third-order valence-electron chi connectivity index (χ3n) is 6.02. The van der Waals surface area contributed by atoms with E-state index < -0.39 is 0 Å². The van der Waals surface area contributed by atoms with Crippen LogP contribution in [0.4, 0.5) is 0 Å². The molecule has 1 saturated carbocycles. The standard InChI is InChI=1S/C21H42N2O/c1-17(2)23-15-14-22(16-19(23)5)13-7-6-8-20-9-11-21(12-10-20)24-18(3)4/h17-21H,6-16H2,1-5H3. The second-order valence-corrected chi connectivity index (χ2v) is 8.80. The van der Waals surface area contributed by atoms with E-state index in [1.165, 1.54) is 71.1 Å². The molecule has 24 heavy (non-hydrogen) atoms. The summed E-state index contributed by atoms with van der Waals surface area (Å²) in [4.78, 5) is 5.34. The van der Waals surface area contributed by atoms with Crippen molar-refractivity contribution in [3.63, 3.8) is 0 Å². The SMILES string of the molecule is CC(C)OC1CCC(CCCCN2CCN(C(C)C)C(C)C2)CC1. The first-order chi connectivity index (χ1) is 11.5. The molecule has 0 radical (unpaired) electrons. The van der Waals surface area contributed by atoms with Crippen LogP contribution in [-0.4, -0.2) is 60.3 Å². The number of hydrogen-bond donors (Lipinski definition) is 0. The van der Waals surface area contributed by atoms with Crippen molar-refractivity contribution in [1.29, 1.82) is 0 Å². The van der Waals surface area contributed by atoms with Crippen molar-refractivity contribution < 1.29 is 4.74 Å². The van der Waals surface area contributed by atoms with Gasteiger partial charge >= 0.3 is 0 Å². The van der Waals surface area contributed by atoms with Crippen LogP contribution in [0.5, 0.6) is 0 Å². The highest BCUT2D eigenvalue weighted by molar-refractivity contribution is 4.81. The van der Waals surface area contributed by atoms with Gasteiger partial charge in [0.05, 0.1) is 12.2 Å². The van der Waals surface area contributed by atoms with Gasteiger partial charge in [-0.2, -0.15) is 0 Å². The molecule has 0 spiro atoms. The van der Waals surface area contributed by atoms with Gasteiger partial charge in [0.2, 0.25) is 0 Å². The smallest absolute Gasteiger partial charge is 0.0578 e. The second-order valence-electron chi connectivity index (χ2n) is 8.80. The van der Waals surface area contributed by atoms with Crippen LogP contribution in [0.15, 0.2) is 0 Å². The Morgan fingerprint density at radius 2 is 1.67 bits per heavy atom. The third-order valence-corrected chi connectivity index (χ3v) is 6.02. The Morgan fingerprint density at radius 1 is 0.958 bits per heavy atom. The summed E-state index contributed by atoms with van der Waals surface area (Å²) in [6.07, 6.45) is 10.5. The van der Waals surface area contributed by atoms with Gasteiger partial charge in [-0.1, -0.05) is 12.8 Å². The minimum absolute atomic E-state index is 0.394. The Balaban J connectivity index is 1.53. The molecule has 3 heteroatoms. The largest absolute Gasteiger partial charge is 0.376 e. The van der Waals surface area contributed by atoms with E-state index in [1.54, 1.807) is 0 Å². The maximum Gasteiger partial charge on any atom is 0.0578 e. The van der Waals surface area contributed by atoms with Crippen LogP contribution in [0.2, 0.25) is 0 Å². The molecule has 1 atom stereocenters. The summed E-state index contributed by atoms with van der Waals surface area (Å²) in [5.41, 5.74) is 0. The molecule has 0 aromatic heterocycles. The first-order valence-corrected chi connectivity index (χ1v) is 10.6. The second kappa shape index (κ2) is 10.1. The van der Waals surface area contributed by atoms with Crippen LogP contribution in [0.1, 0.15) is 79.6 Å². The molecule has 2 aliphatic rings. The zero-order valence-electron chi connectivity index (χ0n) is 17.0. The number of unbranched alkanes of at least 4 members (excludes halogenated alkanes) is 1. The molecule has 142 valence electrons. The van der Waals surface area contributed by atoms with Crippen LogP contribution >= 0.6 is 0 Å². The molecule has 0 aromatic carbocycles. The lowest BCUT2D eigenvalue weighted by Crippen LogP contribution is -2.54. The fraction of sp³-hybridized carbons (Fsp3) is 1.00. The normalized spacial score (nSPS) is 30.4. The van der Waals surface area contributed by atoms with Crippen molar-refractivity contribution >= 4 is 0 Å². The third kappa shape index (κ3) is 6.65. The van der Waals surface area contributed by atoms with Gasteiger partial charge in [-0.05, 0) is 79.2 Å². The predicted molar refractivity (Wildman–Crippen MR) is 104 cm³/mol. The maximum atomic E-state index is 5.97. The molecule has 0 N–H and O–H groups in total. The lowest BCUT2D eigenvalue weighted by Gasteiger charge is -2.42. The van der Waals surface area contributed by atoms with Gasteiger partial charge in [-0.15, -0.1) is 0 Å². The fourth-order valence-corrected chi connectivity index (χ4v) is 4.73. The van der Waals surface area contributed by atoms with E-state index in [9.17, 15) is 0 Å². The van der Waals surface area contributed by atoms with Crippen LogP contribution < -0.4 is 0 Å². The Kier molecular flexibility index (Phi) is 8.53. The van der Waals surface area contributed by atoms with Crippen molar-refractivity contribution in [2.75, 3.05) is 26.2 Å². The molecule has 3 nitrogen and oxygen atoms in total. The zero-order valence-corrected chi connectivity index (χ0v) is 17.0. The number of nitrogens with zero attached hydrogens (tertiary/aromatic N) is 2. The highest BCUT2D eigenvalue weighted by Gasteiger charge is 2.25. The average molecular weight is 339 g/mol. The summed E-state index contributed by atoms with van der Waals surface area (Å²) in [7, 11) is 0. The minimum Gasteiger partial charge on any atom is -0.376 e. The summed E-state index contributed by atoms with van der Waals surface area (Å²) >= 11 is 0. The van der Waals surface area contributed by atoms with Gasteiger partial charge in [0, 0.05) is 31.7 Å². The summed E-state index contributed by atoms with van der Waals surface area (Å²) in [5, 5.41) is 0. The van der Waals surface area contributed by atoms with Crippen molar-refractivity contribution in [1.82, 2.24) is 9.80 Å². The van der Waals surface area contributed by atoms with Gasteiger partial charge in [0.1, 0.15) is 0 Å². The number of rotatable bonds is 8. The van der Waals surface area contributed by atoms with E-state index >= 15 is 0 Å². The van der Waals surface area contributed by atoms with Crippen molar-refractivity contribution in [3.8, 4) is 0 Å². The first kappa shape index (κ1) is 20.2. The van der Waals surface area contributed by atoms with Crippen LogP contribution in [0.3, 0.4) is 0 Å². The average Bonchev–Trinajstić information content (AvgIpc) is 2.52. The Bertz CT molecular complexity index is 337. The molecule has 2 rings (SSSR count). The molecular formula is C21H42N2O. The summed E-state index contributed by atoms with van der Waals surface area (Å²) < 4.78 is 5.97. The fourth-order valence-electron chi connectivity index (χ4n) is 4.73. The van der Waals surface area contributed by atoms with Gasteiger partial charge in [0.25, 0.3) is 0 Å². The first-order valence-electron chi connectivity index (χ1n) is 10.6. The lowest BCUT2D eigenvalue weighted by molar-refractivity contribution is -0.0204. The molecule has 1 saturated heterocycles. The topological polar surface area (TPSA) is 15.7 Å². The van der Waals surface area contributed by atoms with E-state index in [1.807, 2.05) is 0 Å². The highest BCUT2D eigenvalue weighted by atomic mass is 16.5. The molecular weight excluding hydrogens is 296 g/mol. The maximum absolute atomic E-state index is 5.97. The number of hydrogen-bond acceptors (Lipinski definition) is 3. The number of ether oxygens (including phenoxy) is 1. The van der Waals surface area contributed by atoms with Crippen LogP contribution in [0, 0.1) is 5.92 Å². The van der Waals surface area contributed by atoms with Gasteiger partial charge < -0.3 is 9.64 Å². The summed E-state index contributed by atoms with van der Waals surface area (Å²) in [6, 6.07) is 1.41. The predicted octanol–water partition coefficient (Wildman–Crippen LogP) is 4.56. The van der Waals surface area contributed by atoms with Crippen molar-refractivity contribution in [2.45, 2.75) is 104 Å². The van der Waals surface area contributed by atoms with Crippen LogP contribution in [-0.2, 0) is 4.74 Å². The molecule has 1 aliphatic heterocycles. The molecule has 1 aliphatic carbocycles. The molecule has 0 bridgehead atoms. The van der Waals surface area contributed by atoms with E-state index in [0.717, 1.165) is 12.0 Å². The zero-order chi connectivity index (χ0) is 17.5. The van der Waals surface area contributed by atoms with Crippen molar-refractivity contribution in [3.05, 3.63) is 0 Å². The van der Waals surface area contributed by atoms with Gasteiger partial charge in [0.15, 0.2) is 0 Å². The van der Waals surface area contributed by atoms with Gasteiger partial charge in [-0.25, -0.2) is 0 Å². The lowest BCUT2D eigenvalue weighted by atomic mass is 9.84. The van der Waals surface area contributed by atoms with E-state index in [-0.39, 0.29) is 0 Å². The molecule has 1 heterocycles. The molecule has 0 amide bonds. The Morgan fingerprint density at radius 3 is 2.25 bits per heavy atom. The quantitative estimate of drug-likeness (QED) is 0.604. The Labute approximate surface area is 151 Å². The van der Waals surface area contributed by atoms with E-state index in [0.29, 0.717) is 18.2 Å². The summed E-state index contributed by atoms with van der Waals surface area (Å²) in [6.45, 7) is 16.4. The van der Waals surface area contributed by atoms with Crippen LogP contribution in [0.25, 0.3) is 0 Å². The van der Waals surface area contributed by atoms with E-state index in [4.69, 9.17) is 4.74 Å². The highest BCUT2D eigenvalue weighted by Crippen LogP contribution is 2.30. The van der Waals surface area contributed by atoms with Crippen molar-refractivity contribution in [2.24, 2.45) is 5.92 Å². The molecule has 0 aromatic rings. The molecule has 1 unspecified atom stereocenters. The minimum atomic E-state index is 0.394. The Hall–Kier alpha value is -0.120.